The number of rotatable bonds is 4. The topological polar surface area (TPSA) is 98.4 Å². The standard InChI is InChI=1S/C16H20N4O3S/c1-9-10(2)24-15-13(9)14(18-8-19-15)20-5-3-11(4-6-20)16(22)23-7-12(17)21/h8,11H,3-7H2,1-2H3,(H2,17,21). The molecule has 1 saturated heterocycles. The first kappa shape index (κ1) is 16.6. The van der Waals surface area contributed by atoms with Gasteiger partial charge in [-0.1, -0.05) is 0 Å². The molecule has 2 aromatic rings. The second kappa shape index (κ2) is 6.72. The summed E-state index contributed by atoms with van der Waals surface area (Å²) in [6, 6.07) is 0. The van der Waals surface area contributed by atoms with Gasteiger partial charge in [-0.05, 0) is 32.3 Å². The third-order valence-corrected chi connectivity index (χ3v) is 5.55. The third-order valence-electron chi connectivity index (χ3n) is 4.43. The molecule has 0 aliphatic carbocycles. The summed E-state index contributed by atoms with van der Waals surface area (Å²) in [5, 5.41) is 1.11. The molecule has 7 nitrogen and oxygen atoms in total. The van der Waals surface area contributed by atoms with Crippen LogP contribution in [0.5, 0.6) is 0 Å². The van der Waals surface area contributed by atoms with Gasteiger partial charge in [0.2, 0.25) is 0 Å². The van der Waals surface area contributed by atoms with E-state index >= 15 is 0 Å². The lowest BCUT2D eigenvalue weighted by Gasteiger charge is -2.32. The van der Waals surface area contributed by atoms with Gasteiger partial charge in [0, 0.05) is 18.0 Å². The third kappa shape index (κ3) is 3.19. The molecule has 0 aromatic carbocycles. The zero-order valence-corrected chi connectivity index (χ0v) is 14.6. The number of hydrogen-bond donors (Lipinski definition) is 1. The van der Waals surface area contributed by atoms with Crippen molar-refractivity contribution in [2.45, 2.75) is 26.7 Å². The van der Waals surface area contributed by atoms with Gasteiger partial charge in [0.05, 0.1) is 11.3 Å². The summed E-state index contributed by atoms with van der Waals surface area (Å²) in [5.74, 6) is -0.231. The smallest absolute Gasteiger partial charge is 0.309 e. The summed E-state index contributed by atoms with van der Waals surface area (Å²) in [6.45, 7) is 5.27. The Balaban J connectivity index is 1.71. The highest BCUT2D eigenvalue weighted by Gasteiger charge is 2.28. The van der Waals surface area contributed by atoms with Gasteiger partial charge in [0.15, 0.2) is 6.61 Å². The van der Waals surface area contributed by atoms with Gasteiger partial charge >= 0.3 is 5.97 Å². The number of carbonyl (C=O) groups excluding carboxylic acids is 2. The van der Waals surface area contributed by atoms with E-state index in [2.05, 4.69) is 28.7 Å². The number of anilines is 1. The average molecular weight is 348 g/mol. The molecule has 0 saturated carbocycles. The van der Waals surface area contributed by atoms with E-state index in [1.165, 1.54) is 10.4 Å². The number of esters is 1. The number of nitrogens with zero attached hydrogens (tertiary/aromatic N) is 3. The fourth-order valence-electron chi connectivity index (χ4n) is 2.99. The number of piperidine rings is 1. The Labute approximate surface area is 143 Å². The van der Waals surface area contributed by atoms with Crippen molar-refractivity contribution in [3.63, 3.8) is 0 Å². The summed E-state index contributed by atoms with van der Waals surface area (Å²) in [6.07, 6.45) is 2.94. The summed E-state index contributed by atoms with van der Waals surface area (Å²) >= 11 is 1.68. The van der Waals surface area contributed by atoms with Crippen molar-refractivity contribution in [3.05, 3.63) is 16.8 Å². The van der Waals surface area contributed by atoms with E-state index in [1.807, 2.05) is 0 Å². The monoisotopic (exact) mass is 348 g/mol. The van der Waals surface area contributed by atoms with E-state index in [0.29, 0.717) is 12.8 Å². The van der Waals surface area contributed by atoms with Crippen molar-refractivity contribution < 1.29 is 14.3 Å². The summed E-state index contributed by atoms with van der Waals surface area (Å²) in [5.41, 5.74) is 6.22. The zero-order chi connectivity index (χ0) is 17.3. The lowest BCUT2D eigenvalue weighted by atomic mass is 9.97. The molecule has 24 heavy (non-hydrogen) atoms. The minimum atomic E-state index is -0.632. The molecule has 2 N–H and O–H groups in total. The Morgan fingerprint density at radius 3 is 2.71 bits per heavy atom. The fourth-order valence-corrected chi connectivity index (χ4v) is 3.98. The number of aryl methyl sites for hydroxylation is 2. The Kier molecular flexibility index (Phi) is 4.66. The van der Waals surface area contributed by atoms with Crippen LogP contribution in [0.2, 0.25) is 0 Å². The molecule has 0 unspecified atom stereocenters. The van der Waals surface area contributed by atoms with Gasteiger partial charge in [0.1, 0.15) is 17.0 Å². The van der Waals surface area contributed by atoms with Crippen LogP contribution >= 0.6 is 11.3 Å². The molecular weight excluding hydrogens is 328 g/mol. The van der Waals surface area contributed by atoms with Crippen LogP contribution in [-0.4, -0.2) is 41.5 Å². The van der Waals surface area contributed by atoms with Crippen molar-refractivity contribution in [2.75, 3.05) is 24.6 Å². The first-order valence-electron chi connectivity index (χ1n) is 7.88. The van der Waals surface area contributed by atoms with E-state index in [9.17, 15) is 9.59 Å². The molecule has 3 rings (SSSR count). The number of fused-ring (bicyclic) bond motifs is 1. The van der Waals surface area contributed by atoms with Crippen molar-refractivity contribution in [1.82, 2.24) is 9.97 Å². The maximum Gasteiger partial charge on any atom is 0.309 e. The normalized spacial score (nSPS) is 15.7. The van der Waals surface area contributed by atoms with Gasteiger partial charge < -0.3 is 15.4 Å². The van der Waals surface area contributed by atoms with Crippen molar-refractivity contribution in [2.24, 2.45) is 11.7 Å². The Morgan fingerprint density at radius 1 is 1.33 bits per heavy atom. The molecule has 0 bridgehead atoms. The predicted octanol–water partition coefficient (Wildman–Crippen LogP) is 1.55. The van der Waals surface area contributed by atoms with Crippen LogP contribution in [0.1, 0.15) is 23.3 Å². The highest BCUT2D eigenvalue weighted by Crippen LogP contribution is 2.35. The number of hydrogen-bond acceptors (Lipinski definition) is 7. The minimum absolute atomic E-state index is 0.191. The van der Waals surface area contributed by atoms with E-state index in [0.717, 1.165) is 29.1 Å². The molecule has 0 radical (unpaired) electrons. The van der Waals surface area contributed by atoms with Crippen molar-refractivity contribution in [1.29, 1.82) is 0 Å². The number of ether oxygens (including phenoxy) is 1. The van der Waals surface area contributed by atoms with Crippen LogP contribution in [0.25, 0.3) is 10.2 Å². The molecule has 8 heteroatoms. The molecular formula is C16H20N4O3S. The summed E-state index contributed by atoms with van der Waals surface area (Å²) in [4.78, 5) is 35.9. The van der Waals surface area contributed by atoms with Crippen LogP contribution in [0.4, 0.5) is 5.82 Å². The average Bonchev–Trinajstić information content (AvgIpc) is 2.87. The number of primary amides is 1. The minimum Gasteiger partial charge on any atom is -0.455 e. The van der Waals surface area contributed by atoms with Crippen LogP contribution in [0, 0.1) is 19.8 Å². The lowest BCUT2D eigenvalue weighted by molar-refractivity contribution is -0.152. The van der Waals surface area contributed by atoms with Gasteiger partial charge in [0.25, 0.3) is 5.91 Å². The van der Waals surface area contributed by atoms with E-state index in [1.54, 1.807) is 17.7 Å². The molecule has 1 fully saturated rings. The maximum atomic E-state index is 11.9. The Hall–Kier alpha value is -2.22. The van der Waals surface area contributed by atoms with Crippen molar-refractivity contribution in [3.8, 4) is 0 Å². The second-order valence-corrected chi connectivity index (χ2v) is 7.20. The molecule has 2 aromatic heterocycles. The lowest BCUT2D eigenvalue weighted by Crippen LogP contribution is -2.38. The molecule has 3 heterocycles. The van der Waals surface area contributed by atoms with E-state index in [4.69, 9.17) is 10.5 Å². The number of nitrogens with two attached hydrogens (primary N) is 1. The molecule has 128 valence electrons. The highest BCUT2D eigenvalue weighted by molar-refractivity contribution is 7.18. The number of amides is 1. The van der Waals surface area contributed by atoms with Crippen LogP contribution < -0.4 is 10.6 Å². The van der Waals surface area contributed by atoms with E-state index in [-0.39, 0.29) is 18.5 Å². The quantitative estimate of drug-likeness (QED) is 0.842. The number of aromatic nitrogens is 2. The molecule has 0 spiro atoms. The Morgan fingerprint density at radius 2 is 2.04 bits per heavy atom. The van der Waals surface area contributed by atoms with Gasteiger partial charge in [-0.25, -0.2) is 9.97 Å². The zero-order valence-electron chi connectivity index (χ0n) is 13.7. The first-order chi connectivity index (χ1) is 11.5. The van der Waals surface area contributed by atoms with Crippen LogP contribution in [0.3, 0.4) is 0 Å². The molecule has 0 atom stereocenters. The highest BCUT2D eigenvalue weighted by atomic mass is 32.1. The molecule has 1 aliphatic rings. The van der Waals surface area contributed by atoms with E-state index < -0.39 is 5.91 Å². The SMILES string of the molecule is Cc1sc2ncnc(N3CCC(C(=O)OCC(N)=O)CC3)c2c1C. The van der Waals surface area contributed by atoms with Gasteiger partial charge in [-0.2, -0.15) is 0 Å². The largest absolute Gasteiger partial charge is 0.455 e. The Bertz CT molecular complexity index is 781. The number of carbonyl (C=O) groups is 2. The van der Waals surface area contributed by atoms with Crippen molar-refractivity contribution >= 4 is 39.2 Å². The number of thiophene rings is 1. The second-order valence-electron chi connectivity index (χ2n) is 6.00. The van der Waals surface area contributed by atoms with Crippen LogP contribution in [0.15, 0.2) is 6.33 Å². The van der Waals surface area contributed by atoms with Crippen LogP contribution in [-0.2, 0) is 14.3 Å². The summed E-state index contributed by atoms with van der Waals surface area (Å²) < 4.78 is 4.92. The maximum absolute atomic E-state index is 11.9. The summed E-state index contributed by atoms with van der Waals surface area (Å²) in [7, 11) is 0. The van der Waals surface area contributed by atoms with Gasteiger partial charge in [-0.3, -0.25) is 9.59 Å². The first-order valence-corrected chi connectivity index (χ1v) is 8.69. The van der Waals surface area contributed by atoms with Gasteiger partial charge in [-0.15, -0.1) is 11.3 Å². The predicted molar refractivity (Wildman–Crippen MR) is 92.0 cm³/mol. The fraction of sp³-hybridized carbons (Fsp3) is 0.500. The molecule has 1 aliphatic heterocycles. The molecule has 1 amide bonds.